The normalized spacial score (nSPS) is 48.7. The Hall–Kier alpha value is -0.0800. The fourth-order valence-electron chi connectivity index (χ4n) is 3.33. The molecule has 74 valence electrons. The molecule has 2 heteroatoms. The van der Waals surface area contributed by atoms with E-state index in [0.29, 0.717) is 11.1 Å². The molecule has 1 aliphatic heterocycles. The number of piperazine rings is 1. The summed E-state index contributed by atoms with van der Waals surface area (Å²) in [6, 6.07) is 0. The molecule has 0 aromatic heterocycles. The van der Waals surface area contributed by atoms with E-state index >= 15 is 0 Å². The maximum atomic E-state index is 2.64. The minimum absolute atomic E-state index is 0.572. The summed E-state index contributed by atoms with van der Waals surface area (Å²) in [5.41, 5.74) is 1.17. The second-order valence-electron chi connectivity index (χ2n) is 5.65. The maximum absolute atomic E-state index is 2.64. The highest BCUT2D eigenvalue weighted by atomic mass is 15.4. The standard InChI is InChI=1S/C11H20N2/c1-9-6-11(9)8-12(2)10(4-5-10)7-13(11)3/h9H,4-8H2,1-3H3/t9-,11?/m1/s1. The van der Waals surface area contributed by atoms with Crippen LogP contribution in [0.2, 0.25) is 0 Å². The molecule has 2 spiro atoms. The predicted molar refractivity (Wildman–Crippen MR) is 53.7 cm³/mol. The lowest BCUT2D eigenvalue weighted by Gasteiger charge is -2.45. The molecule has 2 atom stereocenters. The highest BCUT2D eigenvalue weighted by molar-refractivity contribution is 5.19. The monoisotopic (exact) mass is 180 g/mol. The first-order valence-electron chi connectivity index (χ1n) is 5.52. The van der Waals surface area contributed by atoms with Gasteiger partial charge in [-0.3, -0.25) is 9.80 Å². The van der Waals surface area contributed by atoms with Crippen molar-refractivity contribution in [3.05, 3.63) is 0 Å². The first kappa shape index (κ1) is 8.25. The number of likely N-dealkylation sites (N-methyl/N-ethyl adjacent to an activating group) is 2. The van der Waals surface area contributed by atoms with E-state index < -0.39 is 0 Å². The third-order valence-electron chi connectivity index (χ3n) is 4.86. The van der Waals surface area contributed by atoms with Crippen LogP contribution in [-0.4, -0.2) is 48.1 Å². The lowest BCUT2D eigenvalue weighted by Crippen LogP contribution is -2.59. The fraction of sp³-hybridized carbons (Fsp3) is 1.00. The van der Waals surface area contributed by atoms with Gasteiger partial charge < -0.3 is 0 Å². The first-order chi connectivity index (χ1) is 6.09. The van der Waals surface area contributed by atoms with Crippen LogP contribution in [0.1, 0.15) is 26.2 Å². The molecule has 1 saturated heterocycles. The van der Waals surface area contributed by atoms with E-state index in [9.17, 15) is 0 Å². The van der Waals surface area contributed by atoms with Gasteiger partial charge in [0, 0.05) is 24.2 Å². The summed E-state index contributed by atoms with van der Waals surface area (Å²) in [7, 11) is 4.66. The van der Waals surface area contributed by atoms with Gasteiger partial charge in [-0.25, -0.2) is 0 Å². The Morgan fingerprint density at radius 2 is 1.69 bits per heavy atom. The van der Waals surface area contributed by atoms with Crippen molar-refractivity contribution >= 4 is 0 Å². The van der Waals surface area contributed by atoms with Crippen LogP contribution in [-0.2, 0) is 0 Å². The van der Waals surface area contributed by atoms with E-state index in [0.717, 1.165) is 5.92 Å². The van der Waals surface area contributed by atoms with Crippen LogP contribution < -0.4 is 0 Å². The summed E-state index contributed by atoms with van der Waals surface area (Å²) in [6.07, 6.45) is 4.28. The van der Waals surface area contributed by atoms with E-state index in [4.69, 9.17) is 0 Å². The summed E-state index contributed by atoms with van der Waals surface area (Å²) in [5, 5.41) is 0. The summed E-state index contributed by atoms with van der Waals surface area (Å²) in [4.78, 5) is 5.28. The Kier molecular flexibility index (Phi) is 1.34. The van der Waals surface area contributed by atoms with Crippen molar-refractivity contribution in [1.29, 1.82) is 0 Å². The molecule has 2 nitrogen and oxygen atoms in total. The topological polar surface area (TPSA) is 6.48 Å². The zero-order valence-corrected chi connectivity index (χ0v) is 9.01. The van der Waals surface area contributed by atoms with E-state index in [2.05, 4.69) is 30.8 Å². The number of nitrogens with zero attached hydrogens (tertiary/aromatic N) is 2. The second-order valence-corrected chi connectivity index (χ2v) is 5.65. The van der Waals surface area contributed by atoms with Crippen molar-refractivity contribution in [3.63, 3.8) is 0 Å². The molecule has 2 aliphatic carbocycles. The average molecular weight is 180 g/mol. The SMILES string of the molecule is C[C@@H]1CC12CN(C)C1(CC1)CN2C. The Morgan fingerprint density at radius 1 is 1.08 bits per heavy atom. The van der Waals surface area contributed by atoms with Gasteiger partial charge in [0.1, 0.15) is 0 Å². The lowest BCUT2D eigenvalue weighted by molar-refractivity contribution is 0.0292. The average Bonchev–Trinajstić information content (AvgIpc) is 2.90. The predicted octanol–water partition coefficient (Wildman–Crippen LogP) is 1.17. The van der Waals surface area contributed by atoms with Gasteiger partial charge in [0.15, 0.2) is 0 Å². The summed E-state index contributed by atoms with van der Waals surface area (Å²) >= 11 is 0. The summed E-state index contributed by atoms with van der Waals surface area (Å²) < 4.78 is 0. The molecular weight excluding hydrogens is 160 g/mol. The Balaban J connectivity index is 1.82. The van der Waals surface area contributed by atoms with Crippen molar-refractivity contribution in [1.82, 2.24) is 9.80 Å². The zero-order valence-electron chi connectivity index (χ0n) is 9.01. The van der Waals surface area contributed by atoms with Crippen LogP contribution in [0, 0.1) is 5.92 Å². The molecule has 3 aliphatic rings. The van der Waals surface area contributed by atoms with Gasteiger partial charge in [-0.05, 0) is 39.3 Å². The minimum atomic E-state index is 0.572. The molecule has 13 heavy (non-hydrogen) atoms. The molecule has 3 rings (SSSR count). The van der Waals surface area contributed by atoms with Gasteiger partial charge in [0.25, 0.3) is 0 Å². The Morgan fingerprint density at radius 3 is 2.15 bits per heavy atom. The van der Waals surface area contributed by atoms with Gasteiger partial charge in [0.05, 0.1) is 0 Å². The van der Waals surface area contributed by atoms with Crippen LogP contribution in [0.5, 0.6) is 0 Å². The number of hydrogen-bond acceptors (Lipinski definition) is 2. The van der Waals surface area contributed by atoms with Gasteiger partial charge in [-0.15, -0.1) is 0 Å². The van der Waals surface area contributed by atoms with Gasteiger partial charge in [0.2, 0.25) is 0 Å². The van der Waals surface area contributed by atoms with Gasteiger partial charge in [-0.2, -0.15) is 0 Å². The number of hydrogen-bond donors (Lipinski definition) is 0. The molecule has 0 amide bonds. The fourth-order valence-corrected chi connectivity index (χ4v) is 3.33. The maximum Gasteiger partial charge on any atom is 0.0363 e. The molecule has 0 aromatic carbocycles. The van der Waals surface area contributed by atoms with Crippen molar-refractivity contribution in [2.24, 2.45) is 5.92 Å². The van der Waals surface area contributed by atoms with Gasteiger partial charge >= 0.3 is 0 Å². The third kappa shape index (κ3) is 0.909. The Labute approximate surface area is 80.9 Å². The molecule has 0 bridgehead atoms. The van der Waals surface area contributed by atoms with Crippen LogP contribution >= 0.6 is 0 Å². The number of rotatable bonds is 0. The van der Waals surface area contributed by atoms with Crippen LogP contribution in [0.3, 0.4) is 0 Å². The largest absolute Gasteiger partial charge is 0.298 e. The lowest BCUT2D eigenvalue weighted by atomic mass is 10.0. The van der Waals surface area contributed by atoms with E-state index in [1.54, 1.807) is 0 Å². The molecule has 1 heterocycles. The van der Waals surface area contributed by atoms with Crippen LogP contribution in [0.15, 0.2) is 0 Å². The minimum Gasteiger partial charge on any atom is -0.298 e. The molecule has 1 unspecified atom stereocenters. The highest BCUT2D eigenvalue weighted by Crippen LogP contribution is 2.55. The van der Waals surface area contributed by atoms with E-state index in [1.165, 1.54) is 32.4 Å². The Bertz CT molecular complexity index is 246. The quantitative estimate of drug-likeness (QED) is 0.552. The molecule has 2 saturated carbocycles. The smallest absolute Gasteiger partial charge is 0.0363 e. The summed E-state index contributed by atoms with van der Waals surface area (Å²) in [5.74, 6) is 0.927. The first-order valence-corrected chi connectivity index (χ1v) is 5.52. The molecule has 0 aromatic rings. The third-order valence-corrected chi connectivity index (χ3v) is 4.86. The molecule has 0 N–H and O–H groups in total. The van der Waals surface area contributed by atoms with E-state index in [1.807, 2.05) is 0 Å². The van der Waals surface area contributed by atoms with Crippen molar-refractivity contribution in [3.8, 4) is 0 Å². The van der Waals surface area contributed by atoms with Crippen molar-refractivity contribution in [2.75, 3.05) is 27.2 Å². The van der Waals surface area contributed by atoms with Crippen molar-refractivity contribution in [2.45, 2.75) is 37.3 Å². The summed E-state index contributed by atoms with van der Waals surface area (Å²) in [6.45, 7) is 5.02. The zero-order chi connectivity index (χ0) is 9.27. The van der Waals surface area contributed by atoms with Gasteiger partial charge in [-0.1, -0.05) is 6.92 Å². The van der Waals surface area contributed by atoms with Crippen molar-refractivity contribution < 1.29 is 0 Å². The second kappa shape index (κ2) is 2.12. The molecule has 3 fully saturated rings. The highest BCUT2D eigenvalue weighted by Gasteiger charge is 2.63. The van der Waals surface area contributed by atoms with E-state index in [-0.39, 0.29) is 0 Å². The van der Waals surface area contributed by atoms with Crippen LogP contribution in [0.25, 0.3) is 0 Å². The molecular formula is C11H20N2. The molecule has 0 radical (unpaired) electrons. The van der Waals surface area contributed by atoms with Crippen LogP contribution in [0.4, 0.5) is 0 Å².